The van der Waals surface area contributed by atoms with Crippen molar-refractivity contribution in [2.75, 3.05) is 5.88 Å². The summed E-state index contributed by atoms with van der Waals surface area (Å²) >= 11 is 20.4. The number of halogens is 6. The van der Waals surface area contributed by atoms with Gasteiger partial charge in [-0.1, -0.05) is 34.8 Å². The summed E-state index contributed by atoms with van der Waals surface area (Å²) in [5, 5.41) is 0. The normalized spacial score (nSPS) is 11.8. The minimum atomic E-state index is -3.72. The maximum atomic E-state index is 9.16. The first kappa shape index (κ1) is 15.2. The second-order valence-corrected chi connectivity index (χ2v) is 7.58. The van der Waals surface area contributed by atoms with E-state index in [0.29, 0.717) is 0 Å². The van der Waals surface area contributed by atoms with Crippen LogP contribution in [0.25, 0.3) is 0 Å². The highest BCUT2D eigenvalue weighted by atomic mass is 36.0. The van der Waals surface area contributed by atoms with Crippen molar-refractivity contribution in [3.05, 3.63) is 0 Å². The fourth-order valence-electron chi connectivity index (χ4n) is 0. The lowest BCUT2D eigenvalue weighted by molar-refractivity contribution is 0.621. The van der Waals surface area contributed by atoms with Gasteiger partial charge in [0.25, 0.3) is 0 Å². The summed E-state index contributed by atoms with van der Waals surface area (Å²) < 4.78 is 17.0. The first-order valence-corrected chi connectivity index (χ1v) is 6.63. The van der Waals surface area contributed by atoms with Gasteiger partial charge in [0.1, 0.15) is 0 Å². The van der Waals surface area contributed by atoms with Crippen molar-refractivity contribution < 1.29 is 8.42 Å². The standard InChI is InChI=1S/C2H2Cl4.Cl2O2S/c3-1-2(4,5)6;1-5(2,3)4/h1H2;. The molecule has 0 aliphatic heterocycles. The van der Waals surface area contributed by atoms with Crippen molar-refractivity contribution in [3.63, 3.8) is 0 Å². The highest BCUT2D eigenvalue weighted by Crippen LogP contribution is 2.26. The molecule has 0 aromatic heterocycles. The van der Waals surface area contributed by atoms with Crippen LogP contribution in [-0.2, 0) is 8.26 Å². The molecule has 0 aromatic rings. The van der Waals surface area contributed by atoms with Crippen molar-refractivity contribution in [2.24, 2.45) is 0 Å². The zero-order valence-corrected chi connectivity index (χ0v) is 10.1. The third kappa shape index (κ3) is 49.9. The van der Waals surface area contributed by atoms with Crippen LogP contribution in [0.4, 0.5) is 0 Å². The summed E-state index contributed by atoms with van der Waals surface area (Å²) in [5.74, 6) is 0.0394. The zero-order valence-electron chi connectivity index (χ0n) is 4.70. The smallest absolute Gasteiger partial charge is 0.195 e. The Hall–Kier alpha value is 1.69. The van der Waals surface area contributed by atoms with Crippen LogP contribution in [0.2, 0.25) is 0 Å². The Labute approximate surface area is 93.6 Å². The summed E-state index contributed by atoms with van der Waals surface area (Å²) in [7, 11) is 4.81. The van der Waals surface area contributed by atoms with E-state index in [1.54, 1.807) is 0 Å². The van der Waals surface area contributed by atoms with E-state index >= 15 is 0 Å². The molecular formula is C2H2Cl6O2S. The number of alkyl halides is 4. The van der Waals surface area contributed by atoms with Crippen molar-refractivity contribution in [1.82, 2.24) is 0 Å². The van der Waals surface area contributed by atoms with Gasteiger partial charge in [-0.25, -0.2) is 0 Å². The van der Waals surface area contributed by atoms with Crippen LogP contribution >= 0.6 is 67.8 Å². The highest BCUT2D eigenvalue weighted by molar-refractivity contribution is 8.31. The first-order chi connectivity index (χ1) is 4.56. The summed E-state index contributed by atoms with van der Waals surface area (Å²) in [6.07, 6.45) is 0. The van der Waals surface area contributed by atoms with E-state index in [0.717, 1.165) is 0 Å². The highest BCUT2D eigenvalue weighted by Gasteiger charge is 2.16. The predicted octanol–water partition coefficient (Wildman–Crippen LogP) is 3.30. The molecule has 0 heterocycles. The number of rotatable bonds is 0. The molecule has 0 saturated heterocycles. The van der Waals surface area contributed by atoms with Crippen LogP contribution < -0.4 is 0 Å². The largest absolute Gasteiger partial charge is 0.317 e. The topological polar surface area (TPSA) is 34.1 Å². The van der Waals surface area contributed by atoms with Crippen molar-refractivity contribution in [1.29, 1.82) is 0 Å². The second kappa shape index (κ2) is 6.19. The van der Waals surface area contributed by atoms with E-state index in [9.17, 15) is 0 Å². The van der Waals surface area contributed by atoms with E-state index in [1.165, 1.54) is 0 Å². The molecule has 9 heteroatoms. The van der Waals surface area contributed by atoms with Crippen LogP contribution in [-0.4, -0.2) is 18.1 Å². The van der Waals surface area contributed by atoms with Gasteiger partial charge in [-0.15, -0.1) is 11.6 Å². The third-order valence-electron chi connectivity index (χ3n) is 0.152. The van der Waals surface area contributed by atoms with Crippen LogP contribution in [0.15, 0.2) is 0 Å². The molecule has 11 heavy (non-hydrogen) atoms. The lowest BCUT2D eigenvalue weighted by Gasteiger charge is -2.00. The van der Waals surface area contributed by atoms with Crippen LogP contribution in [0.3, 0.4) is 0 Å². The van der Waals surface area contributed by atoms with E-state index in [4.69, 9.17) is 54.8 Å². The minimum Gasteiger partial charge on any atom is -0.195 e. The SMILES string of the molecule is ClCC(Cl)(Cl)Cl.O=S(=O)(Cl)Cl. The quantitative estimate of drug-likeness (QED) is 0.508. The van der Waals surface area contributed by atoms with E-state index in [1.807, 2.05) is 0 Å². The van der Waals surface area contributed by atoms with E-state index in [-0.39, 0.29) is 5.88 Å². The Bertz CT molecular complexity index is 171. The molecule has 0 spiro atoms. The molecule has 0 N–H and O–H groups in total. The van der Waals surface area contributed by atoms with Crippen molar-refractivity contribution in [2.45, 2.75) is 3.79 Å². The summed E-state index contributed by atoms with van der Waals surface area (Å²) in [6, 6.07) is 0. The van der Waals surface area contributed by atoms with Gasteiger partial charge >= 0.3 is 8.26 Å². The lowest BCUT2D eigenvalue weighted by Crippen LogP contribution is -2.01. The molecular weight excluding hydrogens is 301 g/mol. The second-order valence-electron chi connectivity index (χ2n) is 1.13. The van der Waals surface area contributed by atoms with Gasteiger partial charge in [0.15, 0.2) is 0 Å². The molecule has 0 amide bonds. The molecule has 0 aliphatic carbocycles. The van der Waals surface area contributed by atoms with Gasteiger partial charge in [-0.05, 0) is 0 Å². The van der Waals surface area contributed by atoms with Gasteiger partial charge in [0.2, 0.25) is 3.79 Å². The first-order valence-electron chi connectivity index (χ1n) is 1.83. The summed E-state index contributed by atoms with van der Waals surface area (Å²) in [5.41, 5.74) is 0. The van der Waals surface area contributed by atoms with Crippen molar-refractivity contribution in [3.8, 4) is 0 Å². The monoisotopic (exact) mass is 300 g/mol. The molecule has 0 fully saturated rings. The van der Waals surface area contributed by atoms with Crippen molar-refractivity contribution >= 4 is 76.0 Å². The molecule has 2 nitrogen and oxygen atoms in total. The summed E-state index contributed by atoms with van der Waals surface area (Å²) in [6.45, 7) is 0. The summed E-state index contributed by atoms with van der Waals surface area (Å²) in [4.78, 5) is 0. The van der Waals surface area contributed by atoms with Gasteiger partial charge < -0.3 is 0 Å². The number of hydrogen-bond donors (Lipinski definition) is 0. The van der Waals surface area contributed by atoms with Gasteiger partial charge in [-0.2, -0.15) is 8.42 Å². The maximum Gasteiger partial charge on any atom is 0.317 e. The fourth-order valence-corrected chi connectivity index (χ4v) is 0. The molecule has 0 unspecified atom stereocenters. The molecule has 0 rings (SSSR count). The molecule has 70 valence electrons. The van der Waals surface area contributed by atoms with E-state index in [2.05, 4.69) is 21.4 Å². The average molecular weight is 303 g/mol. The van der Waals surface area contributed by atoms with Gasteiger partial charge in [0.05, 0.1) is 5.88 Å². The Morgan fingerprint density at radius 2 is 1.18 bits per heavy atom. The lowest BCUT2D eigenvalue weighted by atomic mass is 10.9. The molecule has 0 aliphatic rings. The average Bonchev–Trinajstić information content (AvgIpc) is 1.59. The Morgan fingerprint density at radius 1 is 1.09 bits per heavy atom. The minimum absolute atomic E-state index is 0.0394. The predicted molar refractivity (Wildman–Crippen MR) is 51.6 cm³/mol. The van der Waals surface area contributed by atoms with Crippen LogP contribution in [0.1, 0.15) is 0 Å². The molecule has 0 bridgehead atoms. The molecule has 0 aromatic carbocycles. The fraction of sp³-hybridized carbons (Fsp3) is 1.00. The maximum absolute atomic E-state index is 9.16. The zero-order chi connectivity index (χ0) is 9.71. The van der Waals surface area contributed by atoms with E-state index < -0.39 is 12.1 Å². The van der Waals surface area contributed by atoms with Crippen LogP contribution in [0, 0.1) is 0 Å². The third-order valence-corrected chi connectivity index (χ3v) is 1.36. The number of hydrogen-bond acceptors (Lipinski definition) is 2. The molecule has 0 saturated carbocycles. The Morgan fingerprint density at radius 3 is 1.18 bits per heavy atom. The molecule has 0 atom stereocenters. The van der Waals surface area contributed by atoms with Gasteiger partial charge in [-0.3, -0.25) is 0 Å². The Kier molecular flexibility index (Phi) is 8.54. The van der Waals surface area contributed by atoms with Gasteiger partial charge in [0, 0.05) is 21.4 Å². The Balaban J connectivity index is 0. The molecule has 0 radical (unpaired) electrons. The van der Waals surface area contributed by atoms with Crippen LogP contribution in [0.5, 0.6) is 0 Å².